The number of nitrogens with one attached hydrogen (secondary N) is 1. The molecule has 3 heterocycles. The SMILES string of the molecule is CC[C@@H](c1nnnn1Cc1cccs1)[NH+]1CCN(c2cccc(OC)c2)CC1. The summed E-state index contributed by atoms with van der Waals surface area (Å²) in [5.41, 5.74) is 1.23. The van der Waals surface area contributed by atoms with Crippen molar-refractivity contribution in [2.75, 3.05) is 38.2 Å². The molecule has 1 N–H and O–H groups in total. The molecule has 1 saturated heterocycles. The lowest BCUT2D eigenvalue weighted by molar-refractivity contribution is -0.933. The number of quaternary nitrogens is 1. The summed E-state index contributed by atoms with van der Waals surface area (Å²) in [5.74, 6) is 1.91. The summed E-state index contributed by atoms with van der Waals surface area (Å²) in [7, 11) is 1.72. The van der Waals surface area contributed by atoms with Crippen LogP contribution in [0.25, 0.3) is 0 Å². The van der Waals surface area contributed by atoms with Crippen molar-refractivity contribution in [1.29, 1.82) is 0 Å². The van der Waals surface area contributed by atoms with Gasteiger partial charge in [-0.25, -0.2) is 4.68 Å². The fourth-order valence-corrected chi connectivity index (χ4v) is 4.67. The lowest BCUT2D eigenvalue weighted by Gasteiger charge is -2.37. The molecule has 0 unspecified atom stereocenters. The number of hydrogen-bond acceptors (Lipinski definition) is 6. The van der Waals surface area contributed by atoms with Crippen LogP contribution < -0.4 is 14.5 Å². The molecule has 8 heteroatoms. The summed E-state index contributed by atoms with van der Waals surface area (Å²) >= 11 is 1.75. The summed E-state index contributed by atoms with van der Waals surface area (Å²) in [6.07, 6.45) is 1.03. The zero-order valence-corrected chi connectivity index (χ0v) is 17.2. The maximum atomic E-state index is 5.37. The number of hydrogen-bond donors (Lipinski definition) is 1. The Bertz CT molecular complexity index is 872. The molecule has 0 saturated carbocycles. The molecule has 0 aliphatic carbocycles. The first kappa shape index (κ1) is 18.9. The molecule has 0 radical (unpaired) electrons. The summed E-state index contributed by atoms with van der Waals surface area (Å²) in [4.78, 5) is 5.28. The average Bonchev–Trinajstić information content (AvgIpc) is 3.42. The van der Waals surface area contributed by atoms with Gasteiger partial charge in [-0.3, -0.25) is 0 Å². The number of ether oxygens (including phenoxy) is 1. The number of tetrazole rings is 1. The van der Waals surface area contributed by atoms with Crippen LogP contribution in [0.3, 0.4) is 0 Å². The lowest BCUT2D eigenvalue weighted by atomic mass is 10.1. The van der Waals surface area contributed by atoms with Crippen molar-refractivity contribution in [1.82, 2.24) is 20.2 Å². The van der Waals surface area contributed by atoms with E-state index in [0.717, 1.165) is 50.7 Å². The molecular weight excluding hydrogens is 372 g/mol. The molecule has 7 nitrogen and oxygen atoms in total. The Balaban J connectivity index is 1.44. The van der Waals surface area contributed by atoms with E-state index in [0.29, 0.717) is 6.04 Å². The molecule has 3 aromatic rings. The fraction of sp³-hybridized carbons (Fsp3) is 0.450. The van der Waals surface area contributed by atoms with Crippen molar-refractivity contribution in [3.8, 4) is 5.75 Å². The van der Waals surface area contributed by atoms with E-state index >= 15 is 0 Å². The zero-order valence-electron chi connectivity index (χ0n) is 16.4. The van der Waals surface area contributed by atoms with E-state index in [4.69, 9.17) is 4.74 Å². The molecule has 0 spiro atoms. The van der Waals surface area contributed by atoms with E-state index in [2.05, 4.69) is 63.1 Å². The van der Waals surface area contributed by atoms with Gasteiger partial charge in [0.15, 0.2) is 0 Å². The van der Waals surface area contributed by atoms with Gasteiger partial charge in [0.05, 0.1) is 39.8 Å². The summed E-state index contributed by atoms with van der Waals surface area (Å²) in [6, 6.07) is 12.9. The molecule has 1 aliphatic rings. The van der Waals surface area contributed by atoms with E-state index < -0.39 is 0 Å². The van der Waals surface area contributed by atoms with Gasteiger partial charge < -0.3 is 14.5 Å². The minimum absolute atomic E-state index is 0.322. The smallest absolute Gasteiger partial charge is 0.209 e. The number of benzene rings is 1. The number of piperazine rings is 1. The van der Waals surface area contributed by atoms with Gasteiger partial charge in [0.1, 0.15) is 11.8 Å². The van der Waals surface area contributed by atoms with E-state index in [9.17, 15) is 0 Å². The van der Waals surface area contributed by atoms with Crippen LogP contribution in [0.15, 0.2) is 41.8 Å². The van der Waals surface area contributed by atoms with Crippen molar-refractivity contribution in [2.24, 2.45) is 0 Å². The highest BCUT2D eigenvalue weighted by Crippen LogP contribution is 2.21. The molecule has 0 bridgehead atoms. The second kappa shape index (κ2) is 8.70. The van der Waals surface area contributed by atoms with Crippen LogP contribution in [0.1, 0.15) is 30.1 Å². The molecular formula is C20H27N6OS+. The predicted octanol–water partition coefficient (Wildman–Crippen LogP) is 1.65. The topological polar surface area (TPSA) is 60.5 Å². The predicted molar refractivity (Wildman–Crippen MR) is 110 cm³/mol. The van der Waals surface area contributed by atoms with Crippen molar-refractivity contribution in [3.05, 3.63) is 52.5 Å². The first-order valence-corrected chi connectivity index (χ1v) is 10.7. The Labute approximate surface area is 169 Å². The van der Waals surface area contributed by atoms with Crippen molar-refractivity contribution in [3.63, 3.8) is 0 Å². The second-order valence-electron chi connectivity index (χ2n) is 7.08. The van der Waals surface area contributed by atoms with E-state index in [1.165, 1.54) is 10.6 Å². The molecule has 1 aliphatic heterocycles. The normalized spacial score (nSPS) is 16.3. The Hall–Kier alpha value is -2.45. The van der Waals surface area contributed by atoms with E-state index in [1.54, 1.807) is 23.3 Å². The third kappa shape index (κ3) is 4.02. The van der Waals surface area contributed by atoms with Crippen LogP contribution >= 0.6 is 11.3 Å². The molecule has 28 heavy (non-hydrogen) atoms. The summed E-state index contributed by atoms with van der Waals surface area (Å²) < 4.78 is 7.35. The Morgan fingerprint density at radius 3 is 2.79 bits per heavy atom. The molecule has 1 atom stereocenters. The minimum atomic E-state index is 0.322. The van der Waals surface area contributed by atoms with Gasteiger partial charge in [0, 0.05) is 23.1 Å². The third-order valence-corrected chi connectivity index (χ3v) is 6.34. The van der Waals surface area contributed by atoms with Gasteiger partial charge >= 0.3 is 0 Å². The Morgan fingerprint density at radius 1 is 1.21 bits per heavy atom. The van der Waals surface area contributed by atoms with Gasteiger partial charge in [-0.15, -0.1) is 16.4 Å². The third-order valence-electron chi connectivity index (χ3n) is 5.48. The Kier molecular flexibility index (Phi) is 5.87. The van der Waals surface area contributed by atoms with Crippen LogP contribution in [-0.2, 0) is 6.54 Å². The standard InChI is InChI=1S/C20H26N6OS/c1-3-19(20-21-22-23-26(20)15-18-8-5-13-28-18)25-11-9-24(10-12-25)16-6-4-7-17(14-16)27-2/h4-8,13-14,19H,3,9-12,15H2,1-2H3/p+1/t19-/m0/s1. The summed E-state index contributed by atoms with van der Waals surface area (Å²) in [6.45, 7) is 7.16. The number of anilines is 1. The van der Waals surface area contributed by atoms with Gasteiger partial charge in [0.2, 0.25) is 5.82 Å². The number of rotatable bonds is 7. The van der Waals surface area contributed by atoms with Crippen LogP contribution in [0, 0.1) is 0 Å². The van der Waals surface area contributed by atoms with Gasteiger partial charge in [-0.05, 0) is 34.0 Å². The largest absolute Gasteiger partial charge is 0.497 e. The number of nitrogens with zero attached hydrogens (tertiary/aromatic N) is 5. The maximum absolute atomic E-state index is 5.37. The lowest BCUT2D eigenvalue weighted by Crippen LogP contribution is -3.15. The van der Waals surface area contributed by atoms with Crippen LogP contribution in [0.5, 0.6) is 5.75 Å². The second-order valence-corrected chi connectivity index (χ2v) is 8.11. The number of methoxy groups -OCH3 is 1. The quantitative estimate of drug-likeness (QED) is 0.655. The molecule has 2 aromatic heterocycles. The fourth-order valence-electron chi connectivity index (χ4n) is 3.99. The summed E-state index contributed by atoms with van der Waals surface area (Å²) in [5, 5.41) is 14.7. The van der Waals surface area contributed by atoms with Crippen LogP contribution in [0.4, 0.5) is 5.69 Å². The van der Waals surface area contributed by atoms with Gasteiger partial charge in [-0.2, -0.15) is 0 Å². The van der Waals surface area contributed by atoms with Crippen LogP contribution in [0.2, 0.25) is 0 Å². The molecule has 1 fully saturated rings. The molecule has 4 rings (SSSR count). The number of thiophene rings is 1. The van der Waals surface area contributed by atoms with Crippen molar-refractivity contribution >= 4 is 17.0 Å². The average molecular weight is 400 g/mol. The molecule has 1 aromatic carbocycles. The highest BCUT2D eigenvalue weighted by molar-refractivity contribution is 7.09. The van der Waals surface area contributed by atoms with Crippen LogP contribution in [-0.4, -0.2) is 53.5 Å². The Morgan fingerprint density at radius 2 is 2.07 bits per heavy atom. The monoisotopic (exact) mass is 399 g/mol. The molecule has 0 amide bonds. The maximum Gasteiger partial charge on any atom is 0.209 e. The highest BCUT2D eigenvalue weighted by atomic mass is 32.1. The first-order chi connectivity index (χ1) is 13.8. The highest BCUT2D eigenvalue weighted by Gasteiger charge is 2.31. The van der Waals surface area contributed by atoms with E-state index in [1.807, 2.05) is 10.7 Å². The van der Waals surface area contributed by atoms with Gasteiger partial charge in [-0.1, -0.05) is 19.1 Å². The minimum Gasteiger partial charge on any atom is -0.497 e. The number of aromatic nitrogens is 4. The molecule has 148 valence electrons. The van der Waals surface area contributed by atoms with Gasteiger partial charge in [0.25, 0.3) is 0 Å². The zero-order chi connectivity index (χ0) is 19.3. The van der Waals surface area contributed by atoms with Crippen molar-refractivity contribution in [2.45, 2.75) is 25.9 Å². The van der Waals surface area contributed by atoms with E-state index in [-0.39, 0.29) is 0 Å². The first-order valence-electron chi connectivity index (χ1n) is 9.80. The van der Waals surface area contributed by atoms with Crippen molar-refractivity contribution < 1.29 is 9.64 Å².